The standard InChI is InChI=1S/C15H16N2O3/c1-17-11-13(10-16-17)8-9-20-14-5-2-12(3-6-14)4-7-15(18)19/h2-7,10-11H,8-9H2,1H3,(H,18,19)/b7-4+. The van der Waals surface area contributed by atoms with Gasteiger partial charge in [-0.2, -0.15) is 5.10 Å². The van der Waals surface area contributed by atoms with Crippen LogP contribution in [0.1, 0.15) is 11.1 Å². The number of ether oxygens (including phenoxy) is 1. The number of carboxylic acids is 1. The Kier molecular flexibility index (Phi) is 4.55. The van der Waals surface area contributed by atoms with E-state index in [4.69, 9.17) is 9.84 Å². The molecule has 2 aromatic rings. The minimum Gasteiger partial charge on any atom is -0.493 e. The SMILES string of the molecule is Cn1cc(CCOc2ccc(/C=C/C(=O)O)cc2)cn1. The maximum Gasteiger partial charge on any atom is 0.328 e. The number of hydrogen-bond donors (Lipinski definition) is 1. The second kappa shape index (κ2) is 6.56. The molecule has 1 N–H and O–H groups in total. The summed E-state index contributed by atoms with van der Waals surface area (Å²) >= 11 is 0. The number of aryl methyl sites for hydroxylation is 1. The lowest BCUT2D eigenvalue weighted by Crippen LogP contribution is -2.00. The molecule has 0 aliphatic rings. The van der Waals surface area contributed by atoms with Crippen LogP contribution in [0.5, 0.6) is 5.75 Å². The first-order valence-electron chi connectivity index (χ1n) is 6.25. The van der Waals surface area contributed by atoms with Gasteiger partial charge in [0.2, 0.25) is 0 Å². The zero-order valence-electron chi connectivity index (χ0n) is 11.2. The molecular formula is C15H16N2O3. The van der Waals surface area contributed by atoms with Crippen LogP contribution in [0.15, 0.2) is 42.7 Å². The van der Waals surface area contributed by atoms with E-state index in [0.29, 0.717) is 6.61 Å². The molecule has 2 rings (SSSR count). The molecule has 104 valence electrons. The normalized spacial score (nSPS) is 10.8. The zero-order valence-corrected chi connectivity index (χ0v) is 11.2. The van der Waals surface area contributed by atoms with Crippen molar-refractivity contribution < 1.29 is 14.6 Å². The Labute approximate surface area is 117 Å². The Hall–Kier alpha value is -2.56. The third kappa shape index (κ3) is 4.28. The predicted octanol–water partition coefficient (Wildman–Crippen LogP) is 2.14. The molecule has 0 aliphatic heterocycles. The Bertz CT molecular complexity index is 600. The average Bonchev–Trinajstić information content (AvgIpc) is 2.83. The monoisotopic (exact) mass is 272 g/mol. The molecule has 0 unspecified atom stereocenters. The summed E-state index contributed by atoms with van der Waals surface area (Å²) in [5, 5.41) is 12.6. The molecule has 0 radical (unpaired) electrons. The number of aromatic nitrogens is 2. The molecule has 0 saturated carbocycles. The van der Waals surface area contributed by atoms with Gasteiger partial charge in [0.25, 0.3) is 0 Å². The molecule has 0 bridgehead atoms. The van der Waals surface area contributed by atoms with Gasteiger partial charge in [-0.25, -0.2) is 4.79 Å². The molecule has 0 spiro atoms. The fourth-order valence-electron chi connectivity index (χ4n) is 1.73. The Morgan fingerprint density at radius 1 is 1.40 bits per heavy atom. The van der Waals surface area contributed by atoms with Crippen molar-refractivity contribution in [3.05, 3.63) is 53.9 Å². The molecule has 5 nitrogen and oxygen atoms in total. The van der Waals surface area contributed by atoms with E-state index in [2.05, 4.69) is 5.10 Å². The molecule has 0 aliphatic carbocycles. The summed E-state index contributed by atoms with van der Waals surface area (Å²) in [6.07, 6.45) is 7.24. The van der Waals surface area contributed by atoms with E-state index in [1.54, 1.807) is 10.8 Å². The number of aliphatic carboxylic acids is 1. The molecule has 0 atom stereocenters. The predicted molar refractivity (Wildman–Crippen MR) is 75.5 cm³/mol. The highest BCUT2D eigenvalue weighted by atomic mass is 16.5. The van der Waals surface area contributed by atoms with Crippen LogP contribution in [0.4, 0.5) is 0 Å². The molecule has 1 heterocycles. The quantitative estimate of drug-likeness (QED) is 0.818. The molecule has 0 saturated heterocycles. The maximum absolute atomic E-state index is 10.4. The van der Waals surface area contributed by atoms with Gasteiger partial charge in [0.15, 0.2) is 0 Å². The maximum atomic E-state index is 10.4. The summed E-state index contributed by atoms with van der Waals surface area (Å²) < 4.78 is 7.39. The van der Waals surface area contributed by atoms with Gasteiger partial charge in [0.05, 0.1) is 12.8 Å². The second-order valence-corrected chi connectivity index (χ2v) is 4.36. The highest BCUT2D eigenvalue weighted by Crippen LogP contribution is 2.13. The molecule has 5 heteroatoms. The summed E-state index contributed by atoms with van der Waals surface area (Å²) in [4.78, 5) is 10.4. The van der Waals surface area contributed by atoms with Crippen LogP contribution < -0.4 is 4.74 Å². The second-order valence-electron chi connectivity index (χ2n) is 4.36. The highest BCUT2D eigenvalue weighted by Gasteiger charge is 1.98. The Morgan fingerprint density at radius 2 is 2.15 bits per heavy atom. The number of nitrogens with zero attached hydrogens (tertiary/aromatic N) is 2. The fourth-order valence-corrected chi connectivity index (χ4v) is 1.73. The van der Waals surface area contributed by atoms with Crippen molar-refractivity contribution in [2.24, 2.45) is 7.05 Å². The third-order valence-corrected chi connectivity index (χ3v) is 2.72. The molecule has 1 aromatic heterocycles. The lowest BCUT2D eigenvalue weighted by atomic mass is 10.2. The van der Waals surface area contributed by atoms with Gasteiger partial charge >= 0.3 is 5.97 Å². The summed E-state index contributed by atoms with van der Waals surface area (Å²) in [7, 11) is 1.88. The van der Waals surface area contributed by atoms with Crippen molar-refractivity contribution in [2.75, 3.05) is 6.61 Å². The molecule has 1 aromatic carbocycles. The van der Waals surface area contributed by atoms with Crippen LogP contribution in [-0.2, 0) is 18.3 Å². The molecule has 0 amide bonds. The van der Waals surface area contributed by atoms with E-state index in [-0.39, 0.29) is 0 Å². The first-order chi connectivity index (χ1) is 9.63. The minimum atomic E-state index is -0.957. The third-order valence-electron chi connectivity index (χ3n) is 2.72. The topological polar surface area (TPSA) is 64.3 Å². The van der Waals surface area contributed by atoms with Crippen molar-refractivity contribution in [2.45, 2.75) is 6.42 Å². The smallest absolute Gasteiger partial charge is 0.328 e. The number of rotatable bonds is 6. The lowest BCUT2D eigenvalue weighted by molar-refractivity contribution is -0.131. The van der Waals surface area contributed by atoms with E-state index < -0.39 is 5.97 Å². The first-order valence-corrected chi connectivity index (χ1v) is 6.25. The zero-order chi connectivity index (χ0) is 14.4. The highest BCUT2D eigenvalue weighted by molar-refractivity contribution is 5.85. The van der Waals surface area contributed by atoms with Crippen LogP contribution >= 0.6 is 0 Å². The van der Waals surface area contributed by atoms with E-state index >= 15 is 0 Å². The number of hydrogen-bond acceptors (Lipinski definition) is 3. The number of benzene rings is 1. The Balaban J connectivity index is 1.83. The van der Waals surface area contributed by atoms with E-state index in [1.807, 2.05) is 43.7 Å². The van der Waals surface area contributed by atoms with Crippen molar-refractivity contribution in [3.63, 3.8) is 0 Å². The van der Waals surface area contributed by atoms with Crippen molar-refractivity contribution in [1.29, 1.82) is 0 Å². The minimum absolute atomic E-state index is 0.579. The van der Waals surface area contributed by atoms with Gasteiger partial charge in [-0.1, -0.05) is 12.1 Å². The van der Waals surface area contributed by atoms with Crippen LogP contribution in [0.25, 0.3) is 6.08 Å². The number of carbonyl (C=O) groups is 1. The van der Waals surface area contributed by atoms with Crippen LogP contribution in [-0.4, -0.2) is 27.5 Å². The van der Waals surface area contributed by atoms with Gasteiger partial charge in [0, 0.05) is 25.7 Å². The van der Waals surface area contributed by atoms with Crippen molar-refractivity contribution >= 4 is 12.0 Å². The lowest BCUT2D eigenvalue weighted by Gasteiger charge is -2.05. The summed E-state index contributed by atoms with van der Waals surface area (Å²) in [6.45, 7) is 0.579. The van der Waals surface area contributed by atoms with Gasteiger partial charge in [-0.3, -0.25) is 4.68 Å². The Morgan fingerprint density at radius 3 is 2.75 bits per heavy atom. The summed E-state index contributed by atoms with van der Waals surface area (Å²) in [5.74, 6) is -0.192. The average molecular weight is 272 g/mol. The first kappa shape index (κ1) is 13.9. The van der Waals surface area contributed by atoms with E-state index in [0.717, 1.165) is 29.4 Å². The molecule has 0 fully saturated rings. The fraction of sp³-hybridized carbons (Fsp3) is 0.200. The van der Waals surface area contributed by atoms with Gasteiger partial charge in [0.1, 0.15) is 5.75 Å². The van der Waals surface area contributed by atoms with Crippen LogP contribution in [0.2, 0.25) is 0 Å². The van der Waals surface area contributed by atoms with Gasteiger partial charge < -0.3 is 9.84 Å². The molecule has 20 heavy (non-hydrogen) atoms. The van der Waals surface area contributed by atoms with Crippen LogP contribution in [0, 0.1) is 0 Å². The van der Waals surface area contributed by atoms with E-state index in [9.17, 15) is 4.79 Å². The van der Waals surface area contributed by atoms with Crippen molar-refractivity contribution in [1.82, 2.24) is 9.78 Å². The van der Waals surface area contributed by atoms with Crippen LogP contribution in [0.3, 0.4) is 0 Å². The van der Waals surface area contributed by atoms with Gasteiger partial charge in [-0.15, -0.1) is 0 Å². The summed E-state index contributed by atoms with van der Waals surface area (Å²) in [6, 6.07) is 7.28. The largest absolute Gasteiger partial charge is 0.493 e. The molecular weight excluding hydrogens is 256 g/mol. The van der Waals surface area contributed by atoms with Gasteiger partial charge in [-0.05, 0) is 29.3 Å². The van der Waals surface area contributed by atoms with E-state index in [1.165, 1.54) is 0 Å². The number of carboxylic acid groups (broad SMARTS) is 1. The summed E-state index contributed by atoms with van der Waals surface area (Å²) in [5.41, 5.74) is 1.96. The van der Waals surface area contributed by atoms with Crippen molar-refractivity contribution in [3.8, 4) is 5.75 Å².